The number of amides is 1. The van der Waals surface area contributed by atoms with E-state index in [4.69, 9.17) is 9.47 Å². The fourth-order valence-corrected chi connectivity index (χ4v) is 2.34. The monoisotopic (exact) mass is 410 g/mol. The summed E-state index contributed by atoms with van der Waals surface area (Å²) >= 11 is 2.15. The summed E-state index contributed by atoms with van der Waals surface area (Å²) in [6.45, 7) is 0. The van der Waals surface area contributed by atoms with Gasteiger partial charge in [0.25, 0.3) is 5.91 Å². The first kappa shape index (κ1) is 16.3. The Morgan fingerprint density at radius 3 is 2.68 bits per heavy atom. The fourth-order valence-electron chi connectivity index (χ4n) is 1.80. The van der Waals surface area contributed by atoms with Gasteiger partial charge in [0.05, 0.1) is 20.4 Å². The second-order valence-electron chi connectivity index (χ2n) is 4.32. The Hall–Kier alpha value is -2.09. The van der Waals surface area contributed by atoms with E-state index in [9.17, 15) is 4.79 Å². The molecule has 0 bridgehead atoms. The van der Waals surface area contributed by atoms with Gasteiger partial charge in [0, 0.05) is 14.7 Å². The third kappa shape index (κ3) is 4.20. The van der Waals surface area contributed by atoms with E-state index in [1.807, 2.05) is 12.1 Å². The van der Waals surface area contributed by atoms with Gasteiger partial charge in [-0.2, -0.15) is 5.10 Å². The molecular formula is C16H15IN2O3. The Morgan fingerprint density at radius 2 is 2.00 bits per heavy atom. The number of ether oxygens (including phenoxy) is 2. The van der Waals surface area contributed by atoms with E-state index in [-0.39, 0.29) is 5.91 Å². The van der Waals surface area contributed by atoms with Crippen molar-refractivity contribution in [3.05, 3.63) is 57.2 Å². The molecule has 0 aromatic heterocycles. The predicted molar refractivity (Wildman–Crippen MR) is 93.8 cm³/mol. The van der Waals surface area contributed by atoms with Crippen molar-refractivity contribution in [3.8, 4) is 11.5 Å². The molecule has 22 heavy (non-hydrogen) atoms. The molecule has 0 fully saturated rings. The average molecular weight is 410 g/mol. The normalized spacial score (nSPS) is 10.5. The van der Waals surface area contributed by atoms with Crippen LogP contribution in [0.25, 0.3) is 0 Å². The zero-order valence-electron chi connectivity index (χ0n) is 12.2. The molecule has 0 saturated carbocycles. The minimum absolute atomic E-state index is 0.267. The van der Waals surface area contributed by atoms with Crippen LogP contribution in [0.3, 0.4) is 0 Å². The molecule has 2 aromatic carbocycles. The summed E-state index contributed by atoms with van der Waals surface area (Å²) in [7, 11) is 3.16. The van der Waals surface area contributed by atoms with Crippen molar-refractivity contribution in [1.29, 1.82) is 0 Å². The first-order valence-corrected chi connectivity index (χ1v) is 7.53. The molecule has 2 rings (SSSR count). The number of benzene rings is 2. The Morgan fingerprint density at radius 1 is 1.18 bits per heavy atom. The zero-order chi connectivity index (χ0) is 15.9. The largest absolute Gasteiger partial charge is 0.497 e. The lowest BCUT2D eigenvalue weighted by Gasteiger charge is -2.06. The standard InChI is InChI=1S/C16H15IN2O3/c1-21-14-6-7-15(22-2)12(9-14)10-18-19-16(20)11-4-3-5-13(17)8-11/h3-10H,1-2H3,(H,19,20). The van der Waals surface area contributed by atoms with Gasteiger partial charge in [-0.05, 0) is 59.0 Å². The summed E-state index contributed by atoms with van der Waals surface area (Å²) in [6.07, 6.45) is 1.52. The highest BCUT2D eigenvalue weighted by molar-refractivity contribution is 14.1. The average Bonchev–Trinajstić information content (AvgIpc) is 2.54. The minimum atomic E-state index is -0.267. The molecule has 0 aliphatic rings. The summed E-state index contributed by atoms with van der Waals surface area (Å²) in [5.74, 6) is 1.07. The quantitative estimate of drug-likeness (QED) is 0.468. The number of nitrogens with one attached hydrogen (secondary N) is 1. The summed E-state index contributed by atoms with van der Waals surface area (Å²) in [5, 5.41) is 3.97. The van der Waals surface area contributed by atoms with Gasteiger partial charge in [0.15, 0.2) is 0 Å². The van der Waals surface area contributed by atoms with Gasteiger partial charge in [0.2, 0.25) is 0 Å². The Bertz CT molecular complexity index is 702. The summed E-state index contributed by atoms with van der Waals surface area (Å²) in [6, 6.07) is 12.6. The van der Waals surface area contributed by atoms with E-state index in [1.54, 1.807) is 44.6 Å². The maximum Gasteiger partial charge on any atom is 0.271 e. The van der Waals surface area contributed by atoms with Crippen LogP contribution in [0.15, 0.2) is 47.6 Å². The van der Waals surface area contributed by atoms with Crippen LogP contribution in [-0.4, -0.2) is 26.3 Å². The number of nitrogens with zero attached hydrogens (tertiary/aromatic N) is 1. The Kier molecular flexibility index (Phi) is 5.76. The van der Waals surface area contributed by atoms with Gasteiger partial charge < -0.3 is 9.47 Å². The van der Waals surface area contributed by atoms with E-state index in [0.29, 0.717) is 22.6 Å². The number of carbonyl (C=O) groups is 1. The third-order valence-corrected chi connectivity index (χ3v) is 3.56. The van der Waals surface area contributed by atoms with Crippen LogP contribution in [0.4, 0.5) is 0 Å². The van der Waals surface area contributed by atoms with Crippen LogP contribution in [0.2, 0.25) is 0 Å². The number of hydrogen-bond acceptors (Lipinski definition) is 4. The van der Waals surface area contributed by atoms with Crippen LogP contribution in [0.5, 0.6) is 11.5 Å². The summed E-state index contributed by atoms with van der Waals surface area (Å²) in [4.78, 5) is 12.0. The number of hydrogen-bond donors (Lipinski definition) is 1. The SMILES string of the molecule is COc1ccc(OC)c(C=NNC(=O)c2cccc(I)c2)c1. The molecule has 0 aliphatic heterocycles. The van der Waals surface area contributed by atoms with Crippen LogP contribution >= 0.6 is 22.6 Å². The highest BCUT2D eigenvalue weighted by Crippen LogP contribution is 2.22. The lowest BCUT2D eigenvalue weighted by Crippen LogP contribution is -2.17. The molecule has 0 radical (unpaired) electrons. The Labute approximate surface area is 142 Å². The van der Waals surface area contributed by atoms with Crippen LogP contribution in [0.1, 0.15) is 15.9 Å². The minimum Gasteiger partial charge on any atom is -0.497 e. The second kappa shape index (κ2) is 7.79. The Balaban J connectivity index is 2.10. The molecule has 0 heterocycles. The van der Waals surface area contributed by atoms with Gasteiger partial charge in [-0.3, -0.25) is 4.79 Å². The molecule has 0 aliphatic carbocycles. The molecule has 0 spiro atoms. The molecule has 0 atom stereocenters. The summed E-state index contributed by atoms with van der Waals surface area (Å²) < 4.78 is 11.4. The molecule has 0 saturated heterocycles. The van der Waals surface area contributed by atoms with Crippen molar-refractivity contribution in [2.45, 2.75) is 0 Å². The highest BCUT2D eigenvalue weighted by atomic mass is 127. The van der Waals surface area contributed by atoms with Gasteiger partial charge in [-0.1, -0.05) is 6.07 Å². The molecule has 2 aromatic rings. The maximum absolute atomic E-state index is 12.0. The van der Waals surface area contributed by atoms with E-state index >= 15 is 0 Å². The van der Waals surface area contributed by atoms with Gasteiger partial charge in [-0.25, -0.2) is 5.43 Å². The fraction of sp³-hybridized carbons (Fsp3) is 0.125. The van der Waals surface area contributed by atoms with E-state index in [1.165, 1.54) is 6.21 Å². The van der Waals surface area contributed by atoms with Crippen molar-refractivity contribution in [1.82, 2.24) is 5.43 Å². The smallest absolute Gasteiger partial charge is 0.271 e. The van der Waals surface area contributed by atoms with E-state index < -0.39 is 0 Å². The predicted octanol–water partition coefficient (Wildman–Crippen LogP) is 3.07. The highest BCUT2D eigenvalue weighted by Gasteiger charge is 2.05. The van der Waals surface area contributed by atoms with Crippen molar-refractivity contribution in [3.63, 3.8) is 0 Å². The first-order chi connectivity index (χ1) is 10.6. The van der Waals surface area contributed by atoms with Crippen molar-refractivity contribution in [2.24, 2.45) is 5.10 Å². The molecule has 0 unspecified atom stereocenters. The van der Waals surface area contributed by atoms with Gasteiger partial charge in [0.1, 0.15) is 11.5 Å². The lowest BCUT2D eigenvalue weighted by molar-refractivity contribution is 0.0955. The van der Waals surface area contributed by atoms with Crippen LogP contribution in [-0.2, 0) is 0 Å². The lowest BCUT2D eigenvalue weighted by atomic mass is 10.2. The molecule has 1 amide bonds. The molecular weight excluding hydrogens is 395 g/mol. The molecule has 5 nitrogen and oxygen atoms in total. The number of hydrazone groups is 1. The number of rotatable bonds is 5. The molecule has 1 N–H and O–H groups in total. The van der Waals surface area contributed by atoms with Gasteiger partial charge >= 0.3 is 0 Å². The molecule has 6 heteroatoms. The number of methoxy groups -OCH3 is 2. The van der Waals surface area contributed by atoms with E-state index in [0.717, 1.165) is 3.57 Å². The van der Waals surface area contributed by atoms with Crippen molar-refractivity contribution >= 4 is 34.7 Å². The van der Waals surface area contributed by atoms with Crippen molar-refractivity contribution < 1.29 is 14.3 Å². The maximum atomic E-state index is 12.0. The molecule has 114 valence electrons. The van der Waals surface area contributed by atoms with Gasteiger partial charge in [-0.15, -0.1) is 0 Å². The summed E-state index contributed by atoms with van der Waals surface area (Å²) in [5.41, 5.74) is 3.76. The first-order valence-electron chi connectivity index (χ1n) is 6.45. The number of carbonyl (C=O) groups excluding carboxylic acids is 1. The van der Waals surface area contributed by atoms with Crippen LogP contribution in [0, 0.1) is 3.57 Å². The topological polar surface area (TPSA) is 59.9 Å². The van der Waals surface area contributed by atoms with E-state index in [2.05, 4.69) is 33.1 Å². The number of halogens is 1. The second-order valence-corrected chi connectivity index (χ2v) is 5.56. The third-order valence-electron chi connectivity index (χ3n) is 2.89. The zero-order valence-corrected chi connectivity index (χ0v) is 14.3. The van der Waals surface area contributed by atoms with Crippen molar-refractivity contribution in [2.75, 3.05) is 14.2 Å². The van der Waals surface area contributed by atoms with Crippen LogP contribution < -0.4 is 14.9 Å².